The van der Waals surface area contributed by atoms with Crippen molar-refractivity contribution in [2.75, 3.05) is 17.3 Å². The molecule has 2 amide bonds. The number of nitrogens with one attached hydrogen (secondary N) is 1. The normalized spacial score (nSPS) is 20.8. The van der Waals surface area contributed by atoms with Gasteiger partial charge in [-0.05, 0) is 42.7 Å². The summed E-state index contributed by atoms with van der Waals surface area (Å²) in [5, 5.41) is 14.7. The molecule has 156 valence electrons. The van der Waals surface area contributed by atoms with E-state index in [2.05, 4.69) is 5.32 Å². The van der Waals surface area contributed by atoms with Crippen molar-refractivity contribution in [3.05, 3.63) is 58.1 Å². The first-order chi connectivity index (χ1) is 14.5. The van der Waals surface area contributed by atoms with Crippen molar-refractivity contribution in [1.29, 1.82) is 0 Å². The van der Waals surface area contributed by atoms with Crippen molar-refractivity contribution in [3.8, 4) is 5.75 Å². The summed E-state index contributed by atoms with van der Waals surface area (Å²) >= 11 is 0. The number of ether oxygens (including phenoxy) is 1. The van der Waals surface area contributed by atoms with Crippen LogP contribution in [-0.2, 0) is 16.1 Å². The molecule has 1 aliphatic heterocycles. The molecule has 2 fully saturated rings. The van der Waals surface area contributed by atoms with Crippen molar-refractivity contribution < 1.29 is 19.2 Å². The molecule has 0 aromatic heterocycles. The van der Waals surface area contributed by atoms with E-state index in [-0.39, 0.29) is 35.0 Å². The molecule has 1 saturated carbocycles. The number of hydrogen-bond acceptors (Lipinski definition) is 6. The second-order valence-electron chi connectivity index (χ2n) is 7.67. The first-order valence-corrected chi connectivity index (χ1v) is 10.0. The highest BCUT2D eigenvalue weighted by Gasteiger charge is 2.49. The average molecular weight is 409 g/mol. The molecule has 1 aliphatic carbocycles. The van der Waals surface area contributed by atoms with E-state index in [1.165, 1.54) is 6.07 Å². The minimum Gasteiger partial charge on any atom is -0.497 e. The van der Waals surface area contributed by atoms with Crippen LogP contribution in [0.3, 0.4) is 0 Å². The Bertz CT molecular complexity index is 965. The average Bonchev–Trinajstić information content (AvgIpc) is 3.03. The van der Waals surface area contributed by atoms with Crippen LogP contribution in [0.1, 0.15) is 31.2 Å². The number of rotatable bonds is 6. The molecule has 8 nitrogen and oxygen atoms in total. The summed E-state index contributed by atoms with van der Waals surface area (Å²) in [6, 6.07) is 11.8. The molecular weight excluding hydrogens is 386 g/mol. The lowest BCUT2D eigenvalue weighted by atomic mass is 9.81. The quantitative estimate of drug-likeness (QED) is 0.441. The van der Waals surface area contributed by atoms with Crippen LogP contribution in [0.2, 0.25) is 0 Å². The van der Waals surface area contributed by atoms with Crippen LogP contribution in [0.25, 0.3) is 0 Å². The Balaban J connectivity index is 1.56. The summed E-state index contributed by atoms with van der Waals surface area (Å²) in [5.41, 5.74) is 1.36. The number of benzene rings is 2. The predicted octanol–water partition coefficient (Wildman–Crippen LogP) is 3.90. The SMILES string of the molecule is COc1ccc(CNc2ccc(N3C(=O)C4CCCCC4C3=O)cc2[N+](=O)[O-])cc1. The van der Waals surface area contributed by atoms with Crippen LogP contribution in [0.15, 0.2) is 42.5 Å². The van der Waals surface area contributed by atoms with E-state index < -0.39 is 4.92 Å². The molecule has 2 aliphatic rings. The largest absolute Gasteiger partial charge is 0.497 e. The number of nitrogens with zero attached hydrogens (tertiary/aromatic N) is 2. The number of amides is 2. The summed E-state index contributed by atoms with van der Waals surface area (Å²) in [7, 11) is 1.59. The predicted molar refractivity (Wildman–Crippen MR) is 111 cm³/mol. The van der Waals surface area contributed by atoms with Gasteiger partial charge in [0.05, 0.1) is 29.6 Å². The lowest BCUT2D eigenvalue weighted by Gasteiger charge is -2.19. The number of nitro benzene ring substituents is 1. The van der Waals surface area contributed by atoms with Gasteiger partial charge in [0.2, 0.25) is 11.8 Å². The molecule has 2 atom stereocenters. The molecule has 0 spiro atoms. The molecular formula is C22H23N3O5. The van der Waals surface area contributed by atoms with Gasteiger partial charge in [0, 0.05) is 12.6 Å². The monoisotopic (exact) mass is 409 g/mol. The highest BCUT2D eigenvalue weighted by Crippen LogP contribution is 2.41. The summed E-state index contributed by atoms with van der Waals surface area (Å²) in [6.07, 6.45) is 3.27. The molecule has 1 N–H and O–H groups in total. The standard InChI is InChI=1S/C22H23N3O5/c1-30-16-9-6-14(7-10-16)13-23-19-11-8-15(12-20(19)25(28)29)24-21(26)17-4-2-3-5-18(17)22(24)27/h6-12,17-18,23H,2-5,13H2,1H3. The zero-order valence-corrected chi connectivity index (χ0v) is 16.7. The molecule has 1 saturated heterocycles. The minimum absolute atomic E-state index is 0.170. The molecule has 0 bridgehead atoms. The summed E-state index contributed by atoms with van der Waals surface area (Å²) < 4.78 is 5.13. The van der Waals surface area contributed by atoms with Gasteiger partial charge < -0.3 is 10.1 Å². The zero-order valence-electron chi connectivity index (χ0n) is 16.7. The Morgan fingerprint density at radius 1 is 1.07 bits per heavy atom. The fourth-order valence-corrected chi connectivity index (χ4v) is 4.32. The summed E-state index contributed by atoms with van der Waals surface area (Å²) in [5.74, 6) is -0.332. The molecule has 8 heteroatoms. The third kappa shape index (κ3) is 3.60. The smallest absolute Gasteiger partial charge is 0.294 e. The van der Waals surface area contributed by atoms with Gasteiger partial charge in [-0.2, -0.15) is 0 Å². The summed E-state index contributed by atoms with van der Waals surface area (Å²) in [4.78, 5) is 37.9. The van der Waals surface area contributed by atoms with Crippen LogP contribution in [0, 0.1) is 22.0 Å². The number of hydrogen-bond donors (Lipinski definition) is 1. The van der Waals surface area contributed by atoms with Crippen molar-refractivity contribution in [3.63, 3.8) is 0 Å². The number of nitro groups is 1. The van der Waals surface area contributed by atoms with Gasteiger partial charge in [-0.15, -0.1) is 0 Å². The van der Waals surface area contributed by atoms with E-state index >= 15 is 0 Å². The van der Waals surface area contributed by atoms with Crippen molar-refractivity contribution in [1.82, 2.24) is 0 Å². The molecule has 30 heavy (non-hydrogen) atoms. The number of carbonyl (C=O) groups is 2. The molecule has 2 unspecified atom stereocenters. The van der Waals surface area contributed by atoms with Gasteiger partial charge in [0.25, 0.3) is 5.69 Å². The van der Waals surface area contributed by atoms with Crippen LogP contribution < -0.4 is 15.0 Å². The van der Waals surface area contributed by atoms with E-state index in [0.29, 0.717) is 25.1 Å². The molecule has 2 aromatic rings. The van der Waals surface area contributed by atoms with Gasteiger partial charge in [0.15, 0.2) is 0 Å². The maximum Gasteiger partial charge on any atom is 0.294 e. The fraction of sp³-hybridized carbons (Fsp3) is 0.364. The summed E-state index contributed by atoms with van der Waals surface area (Å²) in [6.45, 7) is 0.385. The molecule has 2 aromatic carbocycles. The fourth-order valence-electron chi connectivity index (χ4n) is 4.32. The third-order valence-corrected chi connectivity index (χ3v) is 5.92. The van der Waals surface area contributed by atoms with Gasteiger partial charge in [-0.3, -0.25) is 19.7 Å². The first kappa shape index (κ1) is 19.9. The highest BCUT2D eigenvalue weighted by atomic mass is 16.6. The van der Waals surface area contributed by atoms with Crippen LogP contribution in [-0.4, -0.2) is 23.8 Å². The van der Waals surface area contributed by atoms with E-state index in [9.17, 15) is 19.7 Å². The zero-order chi connectivity index (χ0) is 21.3. The van der Waals surface area contributed by atoms with Gasteiger partial charge in [-0.1, -0.05) is 25.0 Å². The number of fused-ring (bicyclic) bond motifs is 1. The Labute approximate surface area is 174 Å². The second kappa shape index (κ2) is 8.14. The Morgan fingerprint density at radius 3 is 2.27 bits per heavy atom. The van der Waals surface area contributed by atoms with Crippen molar-refractivity contribution >= 4 is 28.9 Å². The Kier molecular flexibility index (Phi) is 5.39. The molecule has 1 heterocycles. The van der Waals surface area contributed by atoms with Crippen LogP contribution in [0.5, 0.6) is 5.75 Å². The number of anilines is 2. The van der Waals surface area contributed by atoms with E-state index in [1.54, 1.807) is 19.2 Å². The Morgan fingerprint density at radius 2 is 1.70 bits per heavy atom. The number of methoxy groups -OCH3 is 1. The van der Waals surface area contributed by atoms with Crippen molar-refractivity contribution in [2.24, 2.45) is 11.8 Å². The van der Waals surface area contributed by atoms with Crippen LogP contribution >= 0.6 is 0 Å². The maximum atomic E-state index is 12.8. The first-order valence-electron chi connectivity index (χ1n) is 10.0. The third-order valence-electron chi connectivity index (χ3n) is 5.92. The van der Waals surface area contributed by atoms with Crippen LogP contribution in [0.4, 0.5) is 17.1 Å². The van der Waals surface area contributed by atoms with Crippen molar-refractivity contribution in [2.45, 2.75) is 32.2 Å². The lowest BCUT2D eigenvalue weighted by Crippen LogP contribution is -2.30. The number of carbonyl (C=O) groups excluding carboxylic acids is 2. The van der Waals surface area contributed by atoms with Gasteiger partial charge in [0.1, 0.15) is 11.4 Å². The van der Waals surface area contributed by atoms with E-state index in [0.717, 1.165) is 29.1 Å². The molecule has 4 rings (SSSR count). The lowest BCUT2D eigenvalue weighted by molar-refractivity contribution is -0.383. The van der Waals surface area contributed by atoms with E-state index in [1.807, 2.05) is 24.3 Å². The minimum atomic E-state index is -0.502. The highest BCUT2D eigenvalue weighted by molar-refractivity contribution is 6.22. The van der Waals surface area contributed by atoms with E-state index in [4.69, 9.17) is 4.74 Å². The second-order valence-corrected chi connectivity index (χ2v) is 7.67. The van der Waals surface area contributed by atoms with Gasteiger partial charge >= 0.3 is 0 Å². The number of imide groups is 1. The molecule has 0 radical (unpaired) electrons. The van der Waals surface area contributed by atoms with Gasteiger partial charge in [-0.25, -0.2) is 4.90 Å². The maximum absolute atomic E-state index is 12.8. The topological polar surface area (TPSA) is 102 Å². The Hall–Kier alpha value is -3.42.